The quantitative estimate of drug-likeness (QED) is 0.450. The molecular formula is C26H30N2O4. The molecule has 2 fully saturated rings. The van der Waals surface area contributed by atoms with Crippen molar-refractivity contribution in [1.82, 2.24) is 4.90 Å². The highest BCUT2D eigenvalue weighted by Crippen LogP contribution is 2.48. The number of ether oxygens (including phenoxy) is 3. The number of hydrogen-bond acceptors (Lipinski definition) is 5. The van der Waals surface area contributed by atoms with Crippen molar-refractivity contribution in [2.75, 3.05) is 26.8 Å². The van der Waals surface area contributed by atoms with Crippen LogP contribution in [0.3, 0.4) is 0 Å². The Kier molecular flexibility index (Phi) is 6.38. The highest BCUT2D eigenvalue weighted by Gasteiger charge is 2.58. The van der Waals surface area contributed by atoms with Crippen molar-refractivity contribution >= 4 is 5.97 Å². The monoisotopic (exact) mass is 434 g/mol. The number of carbonyl (C=O) groups excluding carboxylic acids is 1. The van der Waals surface area contributed by atoms with Crippen LogP contribution in [-0.2, 0) is 21.7 Å². The molecule has 6 nitrogen and oxygen atoms in total. The smallest absolute Gasteiger partial charge is 0.326 e. The van der Waals surface area contributed by atoms with Gasteiger partial charge in [-0.1, -0.05) is 30.3 Å². The standard InChI is InChI=1S/C26H30N2O4/c1-4-31-23-18-21(10-11-22(23)30-3)25(27-2)14-16-28(17-15-25)26(12-13-26)24(29)32-19-20-8-6-5-7-9-20/h5-11,18H,4,12-17,19H2,1,3H3. The van der Waals surface area contributed by atoms with Gasteiger partial charge in [-0.05, 0) is 43.5 Å². The number of methoxy groups -OCH3 is 1. The lowest BCUT2D eigenvalue weighted by atomic mass is 9.81. The third-order valence-electron chi connectivity index (χ3n) is 6.73. The summed E-state index contributed by atoms with van der Waals surface area (Å²) in [4.78, 5) is 19.2. The Hall–Kier alpha value is -3.04. The first kappa shape index (κ1) is 22.2. The number of benzene rings is 2. The lowest BCUT2D eigenvalue weighted by Crippen LogP contribution is -2.51. The molecule has 2 aromatic carbocycles. The molecule has 1 saturated carbocycles. The summed E-state index contributed by atoms with van der Waals surface area (Å²) < 4.78 is 16.8. The molecule has 2 aromatic rings. The van der Waals surface area contributed by atoms with Gasteiger partial charge in [-0.25, -0.2) is 6.57 Å². The summed E-state index contributed by atoms with van der Waals surface area (Å²) in [6.07, 6.45) is 2.98. The van der Waals surface area contributed by atoms with Gasteiger partial charge in [0.2, 0.25) is 0 Å². The van der Waals surface area contributed by atoms with Crippen LogP contribution in [0.25, 0.3) is 4.85 Å². The average Bonchev–Trinajstić information content (AvgIpc) is 3.65. The second-order valence-corrected chi connectivity index (χ2v) is 8.52. The summed E-state index contributed by atoms with van der Waals surface area (Å²) in [6.45, 7) is 12.1. The van der Waals surface area contributed by atoms with Crippen LogP contribution in [-0.4, -0.2) is 43.2 Å². The van der Waals surface area contributed by atoms with Crippen LogP contribution < -0.4 is 9.47 Å². The first-order chi connectivity index (χ1) is 15.6. The van der Waals surface area contributed by atoms with E-state index in [-0.39, 0.29) is 5.97 Å². The zero-order chi connectivity index (χ0) is 22.6. The minimum Gasteiger partial charge on any atom is -0.493 e. The summed E-state index contributed by atoms with van der Waals surface area (Å²) in [5.41, 5.74) is 0.817. The normalized spacial score (nSPS) is 18.9. The van der Waals surface area contributed by atoms with Gasteiger partial charge in [0.1, 0.15) is 12.1 Å². The van der Waals surface area contributed by atoms with Crippen LogP contribution in [0.1, 0.15) is 43.7 Å². The van der Waals surface area contributed by atoms with Crippen molar-refractivity contribution in [1.29, 1.82) is 0 Å². The van der Waals surface area contributed by atoms with E-state index in [1.165, 1.54) is 0 Å². The summed E-state index contributed by atoms with van der Waals surface area (Å²) in [5, 5.41) is 0. The summed E-state index contributed by atoms with van der Waals surface area (Å²) in [6, 6.07) is 15.6. The van der Waals surface area contributed by atoms with E-state index < -0.39 is 11.1 Å². The van der Waals surface area contributed by atoms with Gasteiger partial charge in [-0.15, -0.1) is 0 Å². The Morgan fingerprint density at radius 3 is 2.38 bits per heavy atom. The molecule has 168 valence electrons. The predicted octanol–water partition coefficient (Wildman–Crippen LogP) is 4.58. The van der Waals surface area contributed by atoms with E-state index in [2.05, 4.69) is 9.74 Å². The Morgan fingerprint density at radius 1 is 1.06 bits per heavy atom. The highest BCUT2D eigenvalue weighted by molar-refractivity contribution is 5.84. The van der Waals surface area contributed by atoms with Gasteiger partial charge in [-0.3, -0.25) is 9.69 Å². The largest absolute Gasteiger partial charge is 0.493 e. The molecule has 0 amide bonds. The molecular weight excluding hydrogens is 404 g/mol. The molecule has 4 rings (SSSR count). The first-order valence-electron chi connectivity index (χ1n) is 11.2. The number of likely N-dealkylation sites (tertiary alicyclic amines) is 1. The van der Waals surface area contributed by atoms with Crippen LogP contribution >= 0.6 is 0 Å². The molecule has 1 heterocycles. The van der Waals surface area contributed by atoms with Crippen LogP contribution in [0.15, 0.2) is 48.5 Å². The van der Waals surface area contributed by atoms with E-state index in [9.17, 15) is 4.79 Å². The number of hydrogen-bond donors (Lipinski definition) is 0. The van der Waals surface area contributed by atoms with Crippen molar-refractivity contribution in [3.8, 4) is 11.5 Å². The van der Waals surface area contributed by atoms with Crippen LogP contribution in [0.4, 0.5) is 0 Å². The molecule has 6 heteroatoms. The second-order valence-electron chi connectivity index (χ2n) is 8.52. The fourth-order valence-corrected chi connectivity index (χ4v) is 4.63. The number of rotatable bonds is 8. The third-order valence-corrected chi connectivity index (χ3v) is 6.73. The maximum atomic E-state index is 12.9. The summed E-state index contributed by atoms with van der Waals surface area (Å²) >= 11 is 0. The number of carbonyl (C=O) groups is 1. The van der Waals surface area contributed by atoms with Gasteiger partial charge in [-0.2, -0.15) is 0 Å². The topological polar surface area (TPSA) is 52.4 Å². The maximum Gasteiger partial charge on any atom is 0.326 e. The van der Waals surface area contributed by atoms with E-state index in [0.29, 0.717) is 50.6 Å². The maximum absolute atomic E-state index is 12.9. The highest BCUT2D eigenvalue weighted by atomic mass is 16.5. The molecule has 2 aliphatic rings. The minimum absolute atomic E-state index is 0.139. The lowest BCUT2D eigenvalue weighted by Gasteiger charge is -2.38. The Bertz CT molecular complexity index is 987. The molecule has 0 unspecified atom stereocenters. The molecule has 1 aliphatic carbocycles. The Morgan fingerprint density at radius 2 is 1.78 bits per heavy atom. The number of esters is 1. The van der Waals surface area contributed by atoms with Crippen molar-refractivity contribution in [2.24, 2.45) is 0 Å². The zero-order valence-electron chi connectivity index (χ0n) is 18.8. The van der Waals surface area contributed by atoms with E-state index in [4.69, 9.17) is 20.8 Å². The Labute approximate surface area is 189 Å². The zero-order valence-corrected chi connectivity index (χ0v) is 18.8. The number of piperidine rings is 1. The van der Waals surface area contributed by atoms with Crippen molar-refractivity contribution in [3.63, 3.8) is 0 Å². The van der Waals surface area contributed by atoms with Crippen LogP contribution in [0.5, 0.6) is 11.5 Å². The molecule has 0 N–H and O–H groups in total. The van der Waals surface area contributed by atoms with E-state index >= 15 is 0 Å². The molecule has 32 heavy (non-hydrogen) atoms. The van der Waals surface area contributed by atoms with Gasteiger partial charge in [0.05, 0.1) is 13.7 Å². The Balaban J connectivity index is 1.44. The molecule has 1 aliphatic heterocycles. The molecule has 0 atom stereocenters. The lowest BCUT2D eigenvalue weighted by molar-refractivity contribution is -0.154. The molecule has 0 bridgehead atoms. The van der Waals surface area contributed by atoms with Crippen molar-refractivity contribution < 1.29 is 19.0 Å². The average molecular weight is 435 g/mol. The van der Waals surface area contributed by atoms with Gasteiger partial charge in [0.15, 0.2) is 11.5 Å². The van der Waals surface area contributed by atoms with Gasteiger partial charge < -0.3 is 19.1 Å². The SMILES string of the molecule is [C-]#[N+]C1(c2ccc(OC)c(OCC)c2)CCN(C2(C(=O)OCc3ccccc3)CC2)CC1. The van der Waals surface area contributed by atoms with E-state index in [1.807, 2.05) is 55.5 Å². The predicted molar refractivity (Wildman–Crippen MR) is 121 cm³/mol. The second kappa shape index (κ2) is 9.22. The molecule has 0 spiro atoms. The molecule has 1 saturated heterocycles. The van der Waals surface area contributed by atoms with Crippen LogP contribution in [0.2, 0.25) is 0 Å². The van der Waals surface area contributed by atoms with Gasteiger partial charge in [0.25, 0.3) is 5.54 Å². The first-order valence-corrected chi connectivity index (χ1v) is 11.2. The van der Waals surface area contributed by atoms with Gasteiger partial charge in [0, 0.05) is 31.5 Å². The fraction of sp³-hybridized carbons (Fsp3) is 0.462. The third kappa shape index (κ3) is 4.18. The fourth-order valence-electron chi connectivity index (χ4n) is 4.63. The van der Waals surface area contributed by atoms with Crippen molar-refractivity contribution in [3.05, 3.63) is 71.1 Å². The van der Waals surface area contributed by atoms with Crippen molar-refractivity contribution in [2.45, 2.75) is 50.3 Å². The van der Waals surface area contributed by atoms with E-state index in [1.54, 1.807) is 7.11 Å². The molecule has 0 radical (unpaired) electrons. The summed E-state index contributed by atoms with van der Waals surface area (Å²) in [7, 11) is 1.62. The van der Waals surface area contributed by atoms with Gasteiger partial charge >= 0.3 is 5.97 Å². The molecule has 0 aromatic heterocycles. The van der Waals surface area contributed by atoms with Crippen LogP contribution in [0, 0.1) is 6.57 Å². The number of nitrogens with zero attached hydrogens (tertiary/aromatic N) is 2. The van der Waals surface area contributed by atoms with E-state index in [0.717, 1.165) is 24.0 Å². The minimum atomic E-state index is -0.612. The summed E-state index contributed by atoms with van der Waals surface area (Å²) in [5.74, 6) is 1.20.